The lowest BCUT2D eigenvalue weighted by Crippen LogP contribution is -2.18. The second kappa shape index (κ2) is 6.89. The number of benzene rings is 1. The molecule has 0 atom stereocenters. The Balaban J connectivity index is 1.60. The summed E-state index contributed by atoms with van der Waals surface area (Å²) in [6, 6.07) is 16.4. The van der Waals surface area contributed by atoms with E-state index >= 15 is 0 Å². The molecule has 0 aliphatic rings. The Morgan fingerprint density at radius 3 is 2.58 bits per heavy atom. The second-order valence-electron chi connectivity index (χ2n) is 5.29. The van der Waals surface area contributed by atoms with Crippen molar-refractivity contribution in [2.24, 2.45) is 0 Å². The number of nitrogens with zero attached hydrogens (tertiary/aromatic N) is 6. The molecule has 26 heavy (non-hydrogen) atoms. The van der Waals surface area contributed by atoms with Crippen molar-refractivity contribution in [3.05, 3.63) is 79.1 Å². The van der Waals surface area contributed by atoms with Crippen LogP contribution in [0, 0.1) is 0 Å². The maximum absolute atomic E-state index is 12.6. The highest BCUT2D eigenvalue weighted by molar-refractivity contribution is 6.01. The Morgan fingerprint density at radius 2 is 1.77 bits per heavy atom. The number of hydrogen-bond acceptors (Lipinski definition) is 6. The highest BCUT2D eigenvalue weighted by Crippen LogP contribution is 2.14. The van der Waals surface area contributed by atoms with E-state index < -0.39 is 5.91 Å². The van der Waals surface area contributed by atoms with Crippen molar-refractivity contribution in [3.63, 3.8) is 0 Å². The van der Waals surface area contributed by atoms with Crippen LogP contribution in [0.25, 0.3) is 17.2 Å². The van der Waals surface area contributed by atoms with Gasteiger partial charge in [-0.2, -0.15) is 0 Å². The van der Waals surface area contributed by atoms with Gasteiger partial charge < -0.3 is 5.32 Å². The molecule has 4 rings (SSSR count). The topological polar surface area (TPSA) is 98.5 Å². The van der Waals surface area contributed by atoms with Gasteiger partial charge in [0.05, 0.1) is 0 Å². The van der Waals surface area contributed by atoms with Gasteiger partial charge in [-0.1, -0.05) is 24.3 Å². The van der Waals surface area contributed by atoms with Gasteiger partial charge in [0.1, 0.15) is 17.8 Å². The first-order chi connectivity index (χ1) is 12.8. The van der Waals surface area contributed by atoms with E-state index in [2.05, 4.69) is 30.5 Å². The monoisotopic (exact) mass is 343 g/mol. The first kappa shape index (κ1) is 15.6. The van der Waals surface area contributed by atoms with Gasteiger partial charge in [-0.15, -0.1) is 10.2 Å². The van der Waals surface area contributed by atoms with Gasteiger partial charge >= 0.3 is 0 Å². The van der Waals surface area contributed by atoms with E-state index in [4.69, 9.17) is 0 Å². The molecule has 0 spiro atoms. The maximum Gasteiger partial charge on any atom is 0.295 e. The van der Waals surface area contributed by atoms with Crippen molar-refractivity contribution in [2.45, 2.75) is 0 Å². The zero-order chi connectivity index (χ0) is 17.8. The molecule has 0 saturated heterocycles. The van der Waals surface area contributed by atoms with Crippen molar-refractivity contribution >= 4 is 11.7 Å². The summed E-state index contributed by atoms with van der Waals surface area (Å²) in [4.78, 5) is 25.3. The molecular formula is C18H13N7O. The predicted molar refractivity (Wildman–Crippen MR) is 94.6 cm³/mol. The highest BCUT2D eigenvalue weighted by atomic mass is 16.2. The molecule has 0 aliphatic carbocycles. The Bertz CT molecular complexity index is 1030. The van der Waals surface area contributed by atoms with Crippen LogP contribution in [0.3, 0.4) is 0 Å². The molecule has 8 nitrogen and oxygen atoms in total. The third kappa shape index (κ3) is 3.16. The van der Waals surface area contributed by atoms with Gasteiger partial charge in [-0.3, -0.25) is 14.3 Å². The third-order valence-electron chi connectivity index (χ3n) is 3.58. The van der Waals surface area contributed by atoms with Crippen LogP contribution in [0.4, 0.5) is 5.82 Å². The fourth-order valence-electron chi connectivity index (χ4n) is 2.39. The van der Waals surface area contributed by atoms with Gasteiger partial charge in [0.2, 0.25) is 5.82 Å². The van der Waals surface area contributed by atoms with Crippen LogP contribution in [0.15, 0.2) is 73.3 Å². The van der Waals surface area contributed by atoms with Gasteiger partial charge in [0, 0.05) is 18.1 Å². The minimum absolute atomic E-state index is 0.161. The largest absolute Gasteiger partial charge is 0.304 e. The minimum Gasteiger partial charge on any atom is -0.304 e. The molecule has 0 saturated carbocycles. The van der Waals surface area contributed by atoms with Crippen LogP contribution in [0.5, 0.6) is 0 Å². The Hall–Kier alpha value is -3.94. The summed E-state index contributed by atoms with van der Waals surface area (Å²) in [6.45, 7) is 0. The first-order valence-corrected chi connectivity index (χ1v) is 7.82. The van der Waals surface area contributed by atoms with Crippen LogP contribution in [-0.4, -0.2) is 35.6 Å². The van der Waals surface area contributed by atoms with E-state index in [-0.39, 0.29) is 5.82 Å². The molecule has 3 heterocycles. The van der Waals surface area contributed by atoms with Crippen molar-refractivity contribution in [1.29, 1.82) is 0 Å². The molecule has 0 unspecified atom stereocenters. The molecular weight excluding hydrogens is 330 g/mol. The van der Waals surface area contributed by atoms with Gasteiger partial charge in [-0.05, 0) is 30.3 Å². The summed E-state index contributed by atoms with van der Waals surface area (Å²) >= 11 is 0. The van der Waals surface area contributed by atoms with Gasteiger partial charge in [0.15, 0.2) is 5.82 Å². The number of pyridine rings is 1. The zero-order valence-electron chi connectivity index (χ0n) is 13.5. The lowest BCUT2D eigenvalue weighted by molar-refractivity contribution is 0.101. The van der Waals surface area contributed by atoms with E-state index in [1.165, 1.54) is 6.33 Å². The average molecular weight is 343 g/mol. The fourth-order valence-corrected chi connectivity index (χ4v) is 2.39. The van der Waals surface area contributed by atoms with Crippen LogP contribution in [0.2, 0.25) is 0 Å². The predicted octanol–water partition coefficient (Wildman–Crippen LogP) is 2.37. The number of hydrogen-bond donors (Lipinski definition) is 1. The molecule has 4 aromatic rings. The smallest absolute Gasteiger partial charge is 0.295 e. The quantitative estimate of drug-likeness (QED) is 0.611. The summed E-state index contributed by atoms with van der Waals surface area (Å²) in [7, 11) is 0. The summed E-state index contributed by atoms with van der Waals surface area (Å²) in [5.74, 6) is 0.521. The molecule has 1 aromatic carbocycles. The Morgan fingerprint density at radius 1 is 0.923 bits per heavy atom. The number of anilines is 1. The molecule has 1 amide bonds. The average Bonchev–Trinajstić information content (AvgIpc) is 3.20. The minimum atomic E-state index is -0.419. The summed E-state index contributed by atoms with van der Waals surface area (Å²) in [5, 5.41) is 10.5. The molecule has 1 N–H and O–H groups in total. The standard InChI is InChI=1S/C18H13N7O/c26-18(17-24-21-12-25(17)13-6-2-1-3-7-13)23-15-9-11-20-16(22-15)14-8-4-5-10-19-14/h1-12H,(H,20,22,23,26). The van der Waals surface area contributed by atoms with Gasteiger partial charge in [0.25, 0.3) is 5.91 Å². The molecule has 0 fully saturated rings. The number of nitrogens with one attached hydrogen (secondary N) is 1. The molecule has 0 aliphatic heterocycles. The first-order valence-electron chi connectivity index (χ1n) is 7.82. The van der Waals surface area contributed by atoms with Crippen molar-refractivity contribution in [3.8, 4) is 17.2 Å². The van der Waals surface area contributed by atoms with E-state index in [0.717, 1.165) is 5.69 Å². The second-order valence-corrected chi connectivity index (χ2v) is 5.29. The zero-order valence-corrected chi connectivity index (χ0v) is 13.5. The number of carbonyl (C=O) groups is 1. The normalized spacial score (nSPS) is 10.5. The molecule has 126 valence electrons. The van der Waals surface area contributed by atoms with Crippen molar-refractivity contribution in [1.82, 2.24) is 29.7 Å². The van der Waals surface area contributed by atoms with Crippen molar-refractivity contribution < 1.29 is 4.79 Å². The number of aromatic nitrogens is 6. The lowest BCUT2D eigenvalue weighted by Gasteiger charge is -2.07. The summed E-state index contributed by atoms with van der Waals surface area (Å²) in [6.07, 6.45) is 4.71. The highest BCUT2D eigenvalue weighted by Gasteiger charge is 2.16. The molecule has 8 heteroatoms. The number of carbonyl (C=O) groups excluding carboxylic acids is 1. The Labute approximate surface area is 148 Å². The lowest BCUT2D eigenvalue weighted by atomic mass is 10.3. The number of amides is 1. The van der Waals surface area contributed by atoms with Crippen LogP contribution in [0.1, 0.15) is 10.6 Å². The molecule has 0 radical (unpaired) electrons. The molecule has 0 bridgehead atoms. The summed E-state index contributed by atoms with van der Waals surface area (Å²) < 4.78 is 1.61. The van der Waals surface area contributed by atoms with Crippen molar-refractivity contribution in [2.75, 3.05) is 5.32 Å². The SMILES string of the molecule is O=C(Nc1ccnc(-c2ccccn2)n1)c1nncn1-c1ccccc1. The van der Waals surface area contributed by atoms with E-state index in [1.54, 1.807) is 29.1 Å². The maximum atomic E-state index is 12.6. The fraction of sp³-hybridized carbons (Fsp3) is 0. The summed E-state index contributed by atoms with van der Waals surface area (Å²) in [5.41, 5.74) is 1.41. The van der Waals surface area contributed by atoms with E-state index in [9.17, 15) is 4.79 Å². The van der Waals surface area contributed by atoms with Gasteiger partial charge in [-0.25, -0.2) is 9.97 Å². The third-order valence-corrected chi connectivity index (χ3v) is 3.58. The van der Waals surface area contributed by atoms with E-state index in [1.807, 2.05) is 42.5 Å². The number of rotatable bonds is 4. The number of para-hydroxylation sites is 1. The van der Waals surface area contributed by atoms with Crippen LogP contribution < -0.4 is 5.32 Å². The van der Waals surface area contributed by atoms with Crippen LogP contribution in [-0.2, 0) is 0 Å². The Kier molecular flexibility index (Phi) is 4.13. The van der Waals surface area contributed by atoms with Crippen LogP contribution >= 0.6 is 0 Å². The van der Waals surface area contributed by atoms with E-state index in [0.29, 0.717) is 17.3 Å². The molecule has 3 aromatic heterocycles.